The van der Waals surface area contributed by atoms with Gasteiger partial charge >= 0.3 is 5.69 Å². The van der Waals surface area contributed by atoms with Crippen LogP contribution in [-0.4, -0.2) is 24.3 Å². The first-order chi connectivity index (χ1) is 16.3. The summed E-state index contributed by atoms with van der Waals surface area (Å²) in [6, 6.07) is 8.17. The van der Waals surface area contributed by atoms with Gasteiger partial charge in [0.25, 0.3) is 0 Å². The Bertz CT molecular complexity index is 1570. The molecule has 0 amide bonds. The molecule has 0 fully saturated rings. The van der Waals surface area contributed by atoms with Gasteiger partial charge in [0.1, 0.15) is 23.7 Å². The normalized spacial score (nSPS) is 14.5. The number of aryl methyl sites for hydroxylation is 2. The SMILES string of the molecule is CC1Oc2cc(cnc2N)-c2c(nn(C)c2C#N)Cc2cn(C)c(=O)nc2-c2ccc(F)cc21. The third kappa shape index (κ3) is 3.38. The molecule has 1 atom stereocenters. The van der Waals surface area contributed by atoms with E-state index in [2.05, 4.69) is 21.1 Å². The maximum absolute atomic E-state index is 14.3. The van der Waals surface area contributed by atoms with Crippen LogP contribution < -0.4 is 16.2 Å². The number of nitrogens with zero attached hydrogens (tertiary/aromatic N) is 6. The molecular formula is C24H20FN7O2. The summed E-state index contributed by atoms with van der Waals surface area (Å²) >= 11 is 0. The van der Waals surface area contributed by atoms with E-state index in [1.54, 1.807) is 45.5 Å². The third-order valence-corrected chi connectivity index (χ3v) is 5.93. The molecule has 170 valence electrons. The lowest BCUT2D eigenvalue weighted by Crippen LogP contribution is -2.22. The van der Waals surface area contributed by atoms with E-state index in [1.165, 1.54) is 21.4 Å². The summed E-state index contributed by atoms with van der Waals surface area (Å²) in [4.78, 5) is 21.1. The largest absolute Gasteiger partial charge is 0.482 e. The van der Waals surface area contributed by atoms with Gasteiger partial charge in [0.05, 0.1) is 11.4 Å². The van der Waals surface area contributed by atoms with Gasteiger partial charge in [-0.25, -0.2) is 14.2 Å². The van der Waals surface area contributed by atoms with E-state index in [0.29, 0.717) is 44.9 Å². The number of anilines is 1. The highest BCUT2D eigenvalue weighted by atomic mass is 19.1. The second kappa shape index (κ2) is 7.81. The van der Waals surface area contributed by atoms with E-state index in [4.69, 9.17) is 10.5 Å². The molecule has 0 spiro atoms. The molecule has 1 unspecified atom stereocenters. The minimum Gasteiger partial charge on any atom is -0.482 e. The van der Waals surface area contributed by atoms with Crippen LogP contribution in [0.5, 0.6) is 5.75 Å². The van der Waals surface area contributed by atoms with Crippen LogP contribution >= 0.6 is 0 Å². The molecule has 4 heterocycles. The lowest BCUT2D eigenvalue weighted by atomic mass is 9.94. The first-order valence-electron chi connectivity index (χ1n) is 10.5. The number of aromatic nitrogens is 5. The van der Waals surface area contributed by atoms with Crippen molar-refractivity contribution < 1.29 is 9.13 Å². The van der Waals surface area contributed by atoms with Crippen LogP contribution in [0.25, 0.3) is 22.4 Å². The van der Waals surface area contributed by atoms with Gasteiger partial charge in [-0.05, 0) is 31.2 Å². The summed E-state index contributed by atoms with van der Waals surface area (Å²) in [6.45, 7) is 1.76. The Hall–Kier alpha value is -4.52. The molecule has 2 N–H and O–H groups in total. The number of rotatable bonds is 0. The van der Waals surface area contributed by atoms with Gasteiger partial charge < -0.3 is 15.0 Å². The smallest absolute Gasteiger partial charge is 0.347 e. The van der Waals surface area contributed by atoms with Crippen molar-refractivity contribution in [2.24, 2.45) is 14.1 Å². The summed E-state index contributed by atoms with van der Waals surface area (Å²) in [5.41, 5.74) is 9.93. The van der Waals surface area contributed by atoms with E-state index >= 15 is 0 Å². The number of hydrogen-bond acceptors (Lipinski definition) is 7. The van der Waals surface area contributed by atoms with Crippen molar-refractivity contribution in [3.05, 3.63) is 75.5 Å². The highest BCUT2D eigenvalue weighted by molar-refractivity contribution is 5.75. The van der Waals surface area contributed by atoms with Gasteiger partial charge in [-0.3, -0.25) is 4.68 Å². The van der Waals surface area contributed by atoms with Gasteiger partial charge in [0.2, 0.25) is 0 Å². The van der Waals surface area contributed by atoms with E-state index in [9.17, 15) is 14.4 Å². The lowest BCUT2D eigenvalue weighted by molar-refractivity contribution is 0.227. The first kappa shape index (κ1) is 21.3. The molecule has 3 aromatic heterocycles. The van der Waals surface area contributed by atoms with E-state index < -0.39 is 17.6 Å². The molecule has 0 saturated heterocycles. The van der Waals surface area contributed by atoms with Crippen LogP contribution in [0.1, 0.15) is 35.5 Å². The summed E-state index contributed by atoms with van der Waals surface area (Å²) in [6.07, 6.45) is 2.87. The van der Waals surface area contributed by atoms with Gasteiger partial charge in [-0.1, -0.05) is 0 Å². The highest BCUT2D eigenvalue weighted by Crippen LogP contribution is 2.38. The molecule has 1 aliphatic heterocycles. The van der Waals surface area contributed by atoms with Crippen molar-refractivity contribution in [1.82, 2.24) is 24.3 Å². The predicted octanol–water partition coefficient (Wildman–Crippen LogP) is 2.88. The number of hydrogen-bond donors (Lipinski definition) is 1. The monoisotopic (exact) mass is 457 g/mol. The number of nitrogens with two attached hydrogens (primary N) is 1. The first-order valence-corrected chi connectivity index (χ1v) is 10.5. The number of ether oxygens (including phenoxy) is 1. The van der Waals surface area contributed by atoms with Crippen LogP contribution in [0.15, 0.2) is 41.5 Å². The van der Waals surface area contributed by atoms with E-state index in [-0.39, 0.29) is 18.0 Å². The topological polar surface area (TPSA) is 125 Å². The zero-order chi connectivity index (χ0) is 24.1. The molecule has 0 aliphatic carbocycles. The highest BCUT2D eigenvalue weighted by Gasteiger charge is 2.25. The molecule has 4 aromatic rings. The van der Waals surface area contributed by atoms with E-state index in [0.717, 1.165) is 0 Å². The fraction of sp³-hybridized carbons (Fsp3) is 0.208. The number of nitriles is 1. The zero-order valence-corrected chi connectivity index (χ0v) is 18.7. The maximum Gasteiger partial charge on any atom is 0.347 e. The Labute approximate surface area is 193 Å². The van der Waals surface area contributed by atoms with E-state index in [1.807, 2.05) is 0 Å². The second-order valence-corrected chi connectivity index (χ2v) is 8.19. The lowest BCUT2D eigenvalue weighted by Gasteiger charge is -2.21. The van der Waals surface area contributed by atoms with Crippen LogP contribution in [-0.2, 0) is 20.5 Å². The summed E-state index contributed by atoms with van der Waals surface area (Å²) in [5.74, 6) is -0.00390. The Balaban J connectivity index is 1.88. The molecule has 1 aliphatic rings. The Kier molecular flexibility index (Phi) is 4.90. The molecule has 0 saturated carbocycles. The van der Waals surface area contributed by atoms with Crippen LogP contribution in [0, 0.1) is 17.1 Å². The molecular weight excluding hydrogens is 437 g/mol. The summed E-state index contributed by atoms with van der Waals surface area (Å²) in [5, 5.41) is 14.4. The van der Waals surface area contributed by atoms with Crippen LogP contribution in [0.4, 0.5) is 10.2 Å². The minimum atomic E-state index is -0.646. The molecule has 1 aromatic carbocycles. The van der Waals surface area contributed by atoms with Crippen molar-refractivity contribution in [2.75, 3.05) is 5.73 Å². The van der Waals surface area contributed by atoms with Gasteiger partial charge in [-0.15, -0.1) is 0 Å². The Morgan fingerprint density at radius 1 is 1.29 bits per heavy atom. The number of halogens is 1. The van der Waals surface area contributed by atoms with Crippen molar-refractivity contribution in [3.8, 4) is 34.2 Å². The number of nitrogen functional groups attached to an aromatic ring is 1. The number of pyridine rings is 1. The van der Waals surface area contributed by atoms with Crippen molar-refractivity contribution in [3.63, 3.8) is 0 Å². The minimum absolute atomic E-state index is 0.155. The van der Waals surface area contributed by atoms with Crippen LogP contribution in [0.3, 0.4) is 0 Å². The quantitative estimate of drug-likeness (QED) is 0.430. The van der Waals surface area contributed by atoms with Crippen molar-refractivity contribution >= 4 is 5.82 Å². The molecule has 9 nitrogen and oxygen atoms in total. The van der Waals surface area contributed by atoms with Crippen LogP contribution in [0.2, 0.25) is 0 Å². The zero-order valence-electron chi connectivity index (χ0n) is 18.7. The molecule has 0 radical (unpaired) electrons. The van der Waals surface area contributed by atoms with Gasteiger partial charge in [0, 0.05) is 60.7 Å². The second-order valence-electron chi connectivity index (χ2n) is 8.19. The standard InChI is InChI=1S/C24H20FN7O2/c1-12-17-8-15(25)4-5-16(17)22-14(11-31(2)24(33)29-22)6-18-21(19(9-26)32(3)30-18)13-7-20(34-12)23(27)28-10-13/h4-5,7-8,10-12H,6H2,1-3H3,(H2,27,28). The summed E-state index contributed by atoms with van der Waals surface area (Å²) in [7, 11) is 3.30. The molecule has 2 bridgehead atoms. The van der Waals surface area contributed by atoms with Gasteiger partial charge in [0.15, 0.2) is 11.6 Å². The molecule has 34 heavy (non-hydrogen) atoms. The average Bonchev–Trinajstić information content (AvgIpc) is 3.11. The molecule has 5 rings (SSSR count). The predicted molar refractivity (Wildman–Crippen MR) is 122 cm³/mol. The average molecular weight is 457 g/mol. The number of fused-ring (bicyclic) bond motifs is 7. The maximum atomic E-state index is 14.3. The van der Waals surface area contributed by atoms with Gasteiger partial charge in [-0.2, -0.15) is 15.3 Å². The molecule has 10 heteroatoms. The number of benzene rings is 1. The fourth-order valence-electron chi connectivity index (χ4n) is 4.30. The van der Waals surface area contributed by atoms with Crippen molar-refractivity contribution in [2.45, 2.75) is 19.4 Å². The Morgan fingerprint density at radius 2 is 2.09 bits per heavy atom. The Morgan fingerprint density at radius 3 is 2.85 bits per heavy atom. The fourth-order valence-corrected chi connectivity index (χ4v) is 4.30. The van der Waals surface area contributed by atoms with Crippen molar-refractivity contribution in [1.29, 1.82) is 5.26 Å². The summed E-state index contributed by atoms with van der Waals surface area (Å²) < 4.78 is 23.3. The third-order valence-electron chi connectivity index (χ3n) is 5.93.